The molecule has 0 bridgehead atoms. The van der Waals surface area contributed by atoms with Gasteiger partial charge in [-0.25, -0.2) is 0 Å². The summed E-state index contributed by atoms with van der Waals surface area (Å²) in [6.07, 6.45) is 1.72. The van der Waals surface area contributed by atoms with Crippen LogP contribution in [0.1, 0.15) is 19.8 Å². The van der Waals surface area contributed by atoms with Gasteiger partial charge < -0.3 is 0 Å². The number of fused-ring (bicyclic) bond motifs is 4. The number of aliphatic hydroxyl groups excluding tert-OH is 2. The Hall–Kier alpha value is 0.350. The van der Waals surface area contributed by atoms with Crippen LogP contribution in [0.25, 0.3) is 0 Å². The van der Waals surface area contributed by atoms with Crippen molar-refractivity contribution in [3.05, 3.63) is 10.7 Å². The molecule has 4 heteroatoms. The Morgan fingerprint density at radius 2 is 2.20 bits per heavy atom. The van der Waals surface area contributed by atoms with Gasteiger partial charge in [0.25, 0.3) is 0 Å². The van der Waals surface area contributed by atoms with Gasteiger partial charge >= 0.3 is 132 Å². The molecule has 3 nitrogen and oxygen atoms in total. The van der Waals surface area contributed by atoms with E-state index in [1.807, 2.05) is 0 Å². The molecule has 0 aromatic heterocycles. The first-order valence-electron chi connectivity index (χ1n) is 7.57. The van der Waals surface area contributed by atoms with Crippen LogP contribution in [0, 0.1) is 35.0 Å². The summed E-state index contributed by atoms with van der Waals surface area (Å²) in [7, 11) is 1.73. The minimum absolute atomic E-state index is 0.00175. The van der Waals surface area contributed by atoms with E-state index in [-0.39, 0.29) is 38.8 Å². The predicted molar refractivity (Wildman–Crippen MR) is 73.7 cm³/mol. The molecule has 0 aliphatic heterocycles. The minimum atomic E-state index is -0.304. The average molecular weight is 393 g/mol. The van der Waals surface area contributed by atoms with Gasteiger partial charge in [-0.1, -0.05) is 0 Å². The van der Waals surface area contributed by atoms with Crippen LogP contribution < -0.4 is 21.2 Å². The topological polar surface area (TPSA) is 49.7 Å². The number of alkyl halides is 1. The second kappa shape index (κ2) is 5.52. The van der Waals surface area contributed by atoms with E-state index in [0.717, 1.165) is 23.2 Å². The summed E-state index contributed by atoms with van der Waals surface area (Å²) < 4.78 is 8.88. The second-order valence-corrected chi connectivity index (χ2v) is 9.72. The zero-order valence-electron chi connectivity index (χ0n) is 12.3. The molecular formula is C16H26IO3-. The van der Waals surface area contributed by atoms with Gasteiger partial charge in [-0.2, -0.15) is 0 Å². The Morgan fingerprint density at radius 3 is 2.80 bits per heavy atom. The van der Waals surface area contributed by atoms with Gasteiger partial charge in [-0.15, -0.1) is 0 Å². The molecule has 3 aliphatic carbocycles. The number of halogens is 1. The number of hydrogen-bond acceptors (Lipinski definition) is 3. The van der Waals surface area contributed by atoms with Gasteiger partial charge in [-0.05, 0) is 0 Å². The summed E-state index contributed by atoms with van der Waals surface area (Å²) >= 11 is 0.00175. The fourth-order valence-corrected chi connectivity index (χ4v) is 7.46. The molecule has 20 heavy (non-hydrogen) atoms. The Morgan fingerprint density at radius 1 is 1.45 bits per heavy atom. The van der Waals surface area contributed by atoms with Gasteiger partial charge in [0.15, 0.2) is 0 Å². The van der Waals surface area contributed by atoms with Crippen LogP contribution in [0.2, 0.25) is 0 Å². The van der Waals surface area contributed by atoms with Crippen LogP contribution >= 0.6 is 0 Å². The third-order valence-electron chi connectivity index (χ3n) is 6.25. The summed E-state index contributed by atoms with van der Waals surface area (Å²) in [4.78, 5) is 0. The van der Waals surface area contributed by atoms with Crippen molar-refractivity contribution >= 4 is 0 Å². The first-order valence-corrected chi connectivity index (χ1v) is 10.3. The molecule has 2 N–H and O–H groups in total. The van der Waals surface area contributed by atoms with Gasteiger partial charge in [0, 0.05) is 0 Å². The van der Waals surface area contributed by atoms with Crippen molar-refractivity contribution in [1.82, 2.24) is 0 Å². The van der Waals surface area contributed by atoms with E-state index in [1.54, 1.807) is 7.11 Å². The van der Waals surface area contributed by atoms with Gasteiger partial charge in [0.2, 0.25) is 0 Å². The fraction of sp³-hybridized carbons (Fsp3) is 0.875. The van der Waals surface area contributed by atoms with Crippen LogP contribution in [0.15, 0.2) is 10.7 Å². The quantitative estimate of drug-likeness (QED) is 0.442. The molecule has 8 unspecified atom stereocenters. The van der Waals surface area contributed by atoms with Crippen LogP contribution in [-0.4, -0.2) is 40.6 Å². The van der Waals surface area contributed by atoms with E-state index in [0.29, 0.717) is 30.3 Å². The third kappa shape index (κ3) is 2.02. The molecule has 8 atom stereocenters. The van der Waals surface area contributed by atoms with Gasteiger partial charge in [0.1, 0.15) is 0 Å². The van der Waals surface area contributed by atoms with Crippen LogP contribution in [0.3, 0.4) is 0 Å². The zero-order chi connectivity index (χ0) is 14.5. The average Bonchev–Trinajstić information content (AvgIpc) is 2.43. The molecule has 0 spiro atoms. The van der Waals surface area contributed by atoms with Crippen molar-refractivity contribution in [2.75, 3.05) is 18.1 Å². The van der Waals surface area contributed by atoms with Crippen LogP contribution in [0.4, 0.5) is 0 Å². The zero-order valence-corrected chi connectivity index (χ0v) is 14.5. The standard InChI is InChI=1S/C16H26IO3/c1-4-17-7-11-13-9(5-12(19)15(11)20-3)10-6-16(2,8-18)14(10)13/h4,9-15,18-19H,1,5-8H2,2-3H3/q-1. The maximum absolute atomic E-state index is 10.4. The second-order valence-electron chi connectivity index (χ2n) is 7.08. The van der Waals surface area contributed by atoms with E-state index in [2.05, 4.69) is 17.6 Å². The van der Waals surface area contributed by atoms with Crippen LogP contribution in [-0.2, 0) is 4.74 Å². The van der Waals surface area contributed by atoms with Crippen molar-refractivity contribution in [3.8, 4) is 0 Å². The number of ether oxygens (including phenoxy) is 1. The molecule has 0 heterocycles. The third-order valence-corrected chi connectivity index (χ3v) is 8.39. The molecule has 3 saturated carbocycles. The molecule has 0 radical (unpaired) electrons. The Balaban J connectivity index is 1.80. The molecule has 0 aromatic carbocycles. The van der Waals surface area contributed by atoms with E-state index in [9.17, 15) is 10.2 Å². The summed E-state index contributed by atoms with van der Waals surface area (Å²) in [6.45, 7) is 6.41. The van der Waals surface area contributed by atoms with Crippen molar-refractivity contribution < 1.29 is 36.2 Å². The van der Waals surface area contributed by atoms with E-state index < -0.39 is 0 Å². The molecular weight excluding hydrogens is 367 g/mol. The normalized spacial score (nSPS) is 53.5. The van der Waals surface area contributed by atoms with Crippen LogP contribution in [0.5, 0.6) is 0 Å². The summed E-state index contributed by atoms with van der Waals surface area (Å²) in [5.41, 5.74) is 0.122. The molecule has 3 rings (SSSR count). The van der Waals surface area contributed by atoms with Crippen molar-refractivity contribution in [2.24, 2.45) is 35.0 Å². The van der Waals surface area contributed by atoms with Gasteiger partial charge in [0.05, 0.1) is 0 Å². The number of aliphatic hydroxyl groups is 2. The Kier molecular flexibility index (Phi) is 4.21. The number of methoxy groups -OCH3 is 1. The number of hydrogen-bond donors (Lipinski definition) is 2. The first-order chi connectivity index (χ1) is 9.57. The fourth-order valence-electron chi connectivity index (χ4n) is 5.42. The molecule has 0 saturated heterocycles. The Labute approximate surface area is 132 Å². The molecule has 3 aliphatic rings. The van der Waals surface area contributed by atoms with Crippen molar-refractivity contribution in [2.45, 2.75) is 32.0 Å². The maximum atomic E-state index is 10.4. The SMILES string of the molecule is C=C[I-]CC1C(OC)C(O)CC2C3CC(C)(CO)C3C21. The summed E-state index contributed by atoms with van der Waals surface area (Å²) in [6, 6.07) is 0. The molecule has 0 aromatic rings. The molecule has 3 fully saturated rings. The van der Waals surface area contributed by atoms with E-state index in [1.165, 1.54) is 0 Å². The van der Waals surface area contributed by atoms with E-state index in [4.69, 9.17) is 4.74 Å². The summed E-state index contributed by atoms with van der Waals surface area (Å²) in [5.74, 6) is 3.18. The van der Waals surface area contributed by atoms with Gasteiger partial charge in [-0.3, -0.25) is 0 Å². The molecule has 116 valence electrons. The monoisotopic (exact) mass is 393 g/mol. The van der Waals surface area contributed by atoms with Crippen molar-refractivity contribution in [1.29, 1.82) is 0 Å². The first kappa shape index (κ1) is 15.3. The van der Waals surface area contributed by atoms with Crippen molar-refractivity contribution in [3.63, 3.8) is 0 Å². The Bertz CT molecular complexity index is 388. The van der Waals surface area contributed by atoms with E-state index >= 15 is 0 Å². The number of rotatable bonds is 5. The predicted octanol–water partition coefficient (Wildman–Crippen LogP) is -1.50. The molecule has 0 amide bonds. The summed E-state index contributed by atoms with van der Waals surface area (Å²) in [5, 5.41) is 20.1.